The van der Waals surface area contributed by atoms with Crippen molar-refractivity contribution >= 4 is 32.1 Å². The predicted octanol–water partition coefficient (Wildman–Crippen LogP) is 2.27. The van der Waals surface area contributed by atoms with Crippen LogP contribution in [-0.2, 0) is 9.84 Å². The first kappa shape index (κ1) is 14.6. The zero-order valence-electron chi connectivity index (χ0n) is 11.2. The lowest BCUT2D eigenvalue weighted by molar-refractivity contribution is 0.597. The SMILES string of the molecule is C=CCS(=O)(=O)c1nnc(-c2coc3ccccc3c2=O)s1. The Bertz CT molecular complexity index is 1020. The van der Waals surface area contributed by atoms with E-state index in [9.17, 15) is 13.2 Å². The summed E-state index contributed by atoms with van der Waals surface area (Å²) < 4.78 is 29.1. The molecule has 112 valence electrons. The Hall–Kier alpha value is -2.32. The molecule has 0 atom stereocenters. The summed E-state index contributed by atoms with van der Waals surface area (Å²) in [6.45, 7) is 3.40. The lowest BCUT2D eigenvalue weighted by Gasteiger charge is -1.98. The molecule has 0 fully saturated rings. The van der Waals surface area contributed by atoms with E-state index in [0.717, 1.165) is 11.3 Å². The van der Waals surface area contributed by atoms with Crippen LogP contribution in [0.25, 0.3) is 21.5 Å². The zero-order chi connectivity index (χ0) is 15.7. The molecule has 3 rings (SSSR count). The van der Waals surface area contributed by atoms with Crippen molar-refractivity contribution in [3.05, 3.63) is 53.4 Å². The summed E-state index contributed by atoms with van der Waals surface area (Å²) in [6.07, 6.45) is 2.55. The van der Waals surface area contributed by atoms with Crippen LogP contribution in [0.1, 0.15) is 0 Å². The van der Waals surface area contributed by atoms with E-state index in [0.29, 0.717) is 11.0 Å². The summed E-state index contributed by atoms with van der Waals surface area (Å²) in [5.41, 5.74) is 0.377. The molecule has 0 amide bonds. The molecule has 22 heavy (non-hydrogen) atoms. The van der Waals surface area contributed by atoms with Gasteiger partial charge in [-0.3, -0.25) is 4.79 Å². The van der Waals surface area contributed by atoms with Crippen LogP contribution < -0.4 is 5.43 Å². The number of fused-ring (bicyclic) bond motifs is 1. The number of aromatic nitrogens is 2. The molecule has 2 aromatic heterocycles. The van der Waals surface area contributed by atoms with Gasteiger partial charge in [0.15, 0.2) is 5.01 Å². The molecule has 1 aromatic carbocycles. The van der Waals surface area contributed by atoms with Crippen molar-refractivity contribution in [3.63, 3.8) is 0 Å². The molecular weight excluding hydrogens is 324 g/mol. The van der Waals surface area contributed by atoms with Crippen molar-refractivity contribution in [2.45, 2.75) is 4.34 Å². The van der Waals surface area contributed by atoms with Crippen molar-refractivity contribution in [1.29, 1.82) is 0 Å². The van der Waals surface area contributed by atoms with Crippen molar-refractivity contribution in [1.82, 2.24) is 10.2 Å². The molecule has 0 unspecified atom stereocenters. The van der Waals surface area contributed by atoms with Gasteiger partial charge in [0.2, 0.25) is 19.6 Å². The first-order chi connectivity index (χ1) is 10.5. The Morgan fingerprint density at radius 2 is 2.05 bits per heavy atom. The van der Waals surface area contributed by atoms with Gasteiger partial charge < -0.3 is 4.42 Å². The highest BCUT2D eigenvalue weighted by Crippen LogP contribution is 2.26. The highest BCUT2D eigenvalue weighted by Gasteiger charge is 2.21. The Kier molecular flexibility index (Phi) is 3.63. The van der Waals surface area contributed by atoms with E-state index in [1.165, 1.54) is 12.3 Å². The number of hydrogen-bond donors (Lipinski definition) is 0. The lowest BCUT2D eigenvalue weighted by Crippen LogP contribution is -2.04. The first-order valence-corrected chi connectivity index (χ1v) is 8.68. The Morgan fingerprint density at radius 3 is 2.82 bits per heavy atom. The monoisotopic (exact) mass is 334 g/mol. The van der Waals surface area contributed by atoms with E-state index in [2.05, 4.69) is 16.8 Å². The number of sulfone groups is 1. The van der Waals surface area contributed by atoms with Crippen LogP contribution in [0, 0.1) is 0 Å². The van der Waals surface area contributed by atoms with Gasteiger partial charge in [0.05, 0.1) is 16.7 Å². The minimum atomic E-state index is -3.56. The number of hydrogen-bond acceptors (Lipinski definition) is 7. The quantitative estimate of drug-likeness (QED) is 0.680. The van der Waals surface area contributed by atoms with E-state index < -0.39 is 9.84 Å². The second-order valence-electron chi connectivity index (χ2n) is 4.42. The van der Waals surface area contributed by atoms with Gasteiger partial charge in [-0.25, -0.2) is 8.42 Å². The lowest BCUT2D eigenvalue weighted by atomic mass is 10.2. The van der Waals surface area contributed by atoms with Crippen LogP contribution in [-0.4, -0.2) is 24.4 Å². The molecule has 0 spiro atoms. The van der Waals surface area contributed by atoms with Crippen LogP contribution in [0.2, 0.25) is 0 Å². The number of rotatable bonds is 4. The summed E-state index contributed by atoms with van der Waals surface area (Å²) >= 11 is 0.838. The molecule has 0 radical (unpaired) electrons. The second kappa shape index (κ2) is 5.47. The van der Waals surface area contributed by atoms with E-state index >= 15 is 0 Å². The maximum absolute atomic E-state index is 12.4. The fourth-order valence-electron chi connectivity index (χ4n) is 1.90. The normalized spacial score (nSPS) is 11.6. The Balaban J connectivity index is 2.14. The van der Waals surface area contributed by atoms with Crippen LogP contribution in [0.3, 0.4) is 0 Å². The fourth-order valence-corrected chi connectivity index (χ4v) is 4.04. The molecule has 0 aliphatic heterocycles. The third kappa shape index (κ3) is 2.46. The minimum Gasteiger partial charge on any atom is -0.463 e. The van der Waals surface area contributed by atoms with Gasteiger partial charge in [0, 0.05) is 0 Å². The van der Waals surface area contributed by atoms with Crippen molar-refractivity contribution in [2.24, 2.45) is 0 Å². The highest BCUT2D eigenvalue weighted by molar-refractivity contribution is 7.93. The van der Waals surface area contributed by atoms with Crippen LogP contribution in [0.15, 0.2) is 56.7 Å². The van der Waals surface area contributed by atoms with Gasteiger partial charge in [-0.2, -0.15) is 0 Å². The summed E-state index contributed by atoms with van der Waals surface area (Å²) in [5.74, 6) is -0.228. The predicted molar refractivity (Wildman–Crippen MR) is 83.6 cm³/mol. The van der Waals surface area contributed by atoms with Crippen molar-refractivity contribution in [2.75, 3.05) is 5.75 Å². The molecule has 0 saturated carbocycles. The second-order valence-corrected chi connectivity index (χ2v) is 7.60. The summed E-state index contributed by atoms with van der Waals surface area (Å²) in [7, 11) is -3.56. The van der Waals surface area contributed by atoms with Gasteiger partial charge >= 0.3 is 0 Å². The Morgan fingerprint density at radius 1 is 1.27 bits per heavy atom. The van der Waals surface area contributed by atoms with Crippen molar-refractivity contribution < 1.29 is 12.8 Å². The maximum atomic E-state index is 12.4. The average molecular weight is 334 g/mol. The first-order valence-electron chi connectivity index (χ1n) is 6.21. The molecule has 0 aliphatic carbocycles. The number of benzene rings is 1. The molecule has 0 bridgehead atoms. The smallest absolute Gasteiger partial charge is 0.233 e. The Labute approximate surface area is 129 Å². The number of para-hydroxylation sites is 1. The van der Waals surface area contributed by atoms with Gasteiger partial charge in [-0.15, -0.1) is 16.8 Å². The molecule has 3 aromatic rings. The molecule has 0 saturated heterocycles. The molecule has 8 heteroatoms. The van der Waals surface area contributed by atoms with E-state index in [4.69, 9.17) is 4.42 Å². The molecule has 2 heterocycles. The fraction of sp³-hybridized carbons (Fsp3) is 0.0714. The highest BCUT2D eigenvalue weighted by atomic mass is 32.2. The molecule has 0 aliphatic rings. The van der Waals surface area contributed by atoms with Crippen LogP contribution in [0.4, 0.5) is 0 Å². The standard InChI is InChI=1S/C14H10N2O4S2/c1-2-7-22(18,19)14-16-15-13(21-14)10-8-20-11-6-4-3-5-9(11)12(10)17/h2-6,8H,1,7H2. The molecule has 0 N–H and O–H groups in total. The molecular formula is C14H10N2O4S2. The minimum absolute atomic E-state index is 0.144. The van der Waals surface area contributed by atoms with Gasteiger partial charge in [0.1, 0.15) is 11.8 Å². The van der Waals surface area contributed by atoms with E-state index in [1.54, 1.807) is 24.3 Å². The maximum Gasteiger partial charge on any atom is 0.233 e. The van der Waals surface area contributed by atoms with Crippen LogP contribution in [0.5, 0.6) is 0 Å². The largest absolute Gasteiger partial charge is 0.463 e. The van der Waals surface area contributed by atoms with Crippen molar-refractivity contribution in [3.8, 4) is 10.6 Å². The van der Waals surface area contributed by atoms with E-state index in [-0.39, 0.29) is 26.1 Å². The van der Waals surface area contributed by atoms with Gasteiger partial charge in [-0.1, -0.05) is 29.5 Å². The zero-order valence-corrected chi connectivity index (χ0v) is 12.9. The molecule has 6 nitrogen and oxygen atoms in total. The summed E-state index contributed by atoms with van der Waals surface area (Å²) in [5, 5.41) is 8.07. The summed E-state index contributed by atoms with van der Waals surface area (Å²) in [4.78, 5) is 12.4. The summed E-state index contributed by atoms with van der Waals surface area (Å²) in [6, 6.07) is 6.81. The average Bonchev–Trinajstić information content (AvgIpc) is 2.98. The number of nitrogens with zero attached hydrogens (tertiary/aromatic N) is 2. The van der Waals surface area contributed by atoms with E-state index in [1.807, 2.05) is 0 Å². The topological polar surface area (TPSA) is 90.1 Å². The van der Waals surface area contributed by atoms with Gasteiger partial charge in [0.25, 0.3) is 0 Å². The third-order valence-corrected chi connectivity index (χ3v) is 5.97. The van der Waals surface area contributed by atoms with Gasteiger partial charge in [-0.05, 0) is 12.1 Å². The third-order valence-electron chi connectivity index (χ3n) is 2.92. The van der Waals surface area contributed by atoms with Crippen LogP contribution >= 0.6 is 11.3 Å².